The molecule has 1 N–H and O–H groups in total. The zero-order chi connectivity index (χ0) is 17.9. The van der Waals surface area contributed by atoms with Gasteiger partial charge in [0.05, 0.1) is 5.69 Å². The molecule has 26 heavy (non-hydrogen) atoms. The predicted octanol–water partition coefficient (Wildman–Crippen LogP) is 5.16. The predicted molar refractivity (Wildman–Crippen MR) is 104 cm³/mol. The number of carbonyl (C=O) groups excluding carboxylic acids is 1. The summed E-state index contributed by atoms with van der Waals surface area (Å²) in [7, 11) is 0. The summed E-state index contributed by atoms with van der Waals surface area (Å²) in [5.41, 5.74) is 3.77. The third kappa shape index (κ3) is 3.94. The van der Waals surface area contributed by atoms with E-state index in [9.17, 15) is 4.79 Å². The van der Waals surface area contributed by atoms with Crippen LogP contribution in [0.4, 0.5) is 5.13 Å². The first kappa shape index (κ1) is 16.8. The van der Waals surface area contributed by atoms with Crippen LogP contribution >= 0.6 is 11.3 Å². The molecule has 2 aromatic carbocycles. The van der Waals surface area contributed by atoms with E-state index in [2.05, 4.69) is 22.4 Å². The first-order chi connectivity index (χ1) is 12.7. The SMILES string of the molecule is Cc1csc(NC(=O)c2cccc(COc3ccccc3C3CC3)c2)n1. The number of thiazole rings is 1. The first-order valence-electron chi connectivity index (χ1n) is 8.73. The second-order valence-corrected chi connectivity index (χ2v) is 7.41. The minimum atomic E-state index is -0.153. The molecular weight excluding hydrogens is 344 g/mol. The molecule has 1 aromatic heterocycles. The Labute approximate surface area is 156 Å². The molecule has 0 saturated heterocycles. The number of aryl methyl sites for hydroxylation is 1. The van der Waals surface area contributed by atoms with Crippen LogP contribution in [0.2, 0.25) is 0 Å². The Balaban J connectivity index is 1.43. The lowest BCUT2D eigenvalue weighted by Crippen LogP contribution is -2.12. The molecule has 1 aliphatic carbocycles. The van der Waals surface area contributed by atoms with Gasteiger partial charge in [-0.05, 0) is 55.0 Å². The van der Waals surface area contributed by atoms with Crippen molar-refractivity contribution in [3.63, 3.8) is 0 Å². The van der Waals surface area contributed by atoms with Gasteiger partial charge in [-0.2, -0.15) is 0 Å². The average molecular weight is 364 g/mol. The molecule has 0 bridgehead atoms. The molecule has 1 amide bonds. The number of carbonyl (C=O) groups is 1. The van der Waals surface area contributed by atoms with Gasteiger partial charge in [-0.3, -0.25) is 10.1 Å². The van der Waals surface area contributed by atoms with Crippen molar-refractivity contribution >= 4 is 22.4 Å². The zero-order valence-corrected chi connectivity index (χ0v) is 15.4. The van der Waals surface area contributed by atoms with Crippen molar-refractivity contribution in [2.75, 3.05) is 5.32 Å². The highest BCUT2D eigenvalue weighted by Crippen LogP contribution is 2.44. The van der Waals surface area contributed by atoms with Crippen molar-refractivity contribution in [3.05, 3.63) is 76.3 Å². The molecule has 1 heterocycles. The highest BCUT2D eigenvalue weighted by Gasteiger charge is 2.26. The molecule has 0 unspecified atom stereocenters. The number of rotatable bonds is 6. The van der Waals surface area contributed by atoms with Gasteiger partial charge >= 0.3 is 0 Å². The molecule has 0 aliphatic heterocycles. The lowest BCUT2D eigenvalue weighted by molar-refractivity contribution is 0.102. The number of hydrogen-bond acceptors (Lipinski definition) is 4. The molecule has 0 atom stereocenters. The van der Waals surface area contributed by atoms with Crippen molar-refractivity contribution in [2.24, 2.45) is 0 Å². The molecule has 5 heteroatoms. The Morgan fingerprint density at radius 1 is 1.23 bits per heavy atom. The van der Waals surface area contributed by atoms with Gasteiger partial charge in [0.2, 0.25) is 0 Å². The smallest absolute Gasteiger partial charge is 0.257 e. The van der Waals surface area contributed by atoms with Crippen LogP contribution in [0.3, 0.4) is 0 Å². The van der Waals surface area contributed by atoms with Crippen molar-refractivity contribution < 1.29 is 9.53 Å². The number of nitrogens with one attached hydrogen (secondary N) is 1. The summed E-state index contributed by atoms with van der Waals surface area (Å²) in [6.45, 7) is 2.35. The Morgan fingerprint density at radius 2 is 2.08 bits per heavy atom. The second kappa shape index (κ2) is 7.30. The number of amides is 1. The summed E-state index contributed by atoms with van der Waals surface area (Å²) < 4.78 is 6.04. The van der Waals surface area contributed by atoms with Gasteiger partial charge in [0.25, 0.3) is 5.91 Å². The number of nitrogens with zero attached hydrogens (tertiary/aromatic N) is 1. The first-order valence-corrected chi connectivity index (χ1v) is 9.61. The van der Waals surface area contributed by atoms with Crippen LogP contribution in [-0.4, -0.2) is 10.9 Å². The van der Waals surface area contributed by atoms with Crippen LogP contribution in [0.5, 0.6) is 5.75 Å². The molecule has 0 spiro atoms. The molecule has 3 aromatic rings. The van der Waals surface area contributed by atoms with Gasteiger partial charge in [-0.25, -0.2) is 4.98 Å². The van der Waals surface area contributed by atoms with Gasteiger partial charge in [-0.15, -0.1) is 11.3 Å². The minimum absolute atomic E-state index is 0.153. The van der Waals surface area contributed by atoms with Crippen LogP contribution in [0, 0.1) is 6.92 Å². The zero-order valence-electron chi connectivity index (χ0n) is 14.6. The number of anilines is 1. The summed E-state index contributed by atoms with van der Waals surface area (Å²) in [4.78, 5) is 16.7. The summed E-state index contributed by atoms with van der Waals surface area (Å²) in [6.07, 6.45) is 2.48. The highest BCUT2D eigenvalue weighted by molar-refractivity contribution is 7.13. The third-order valence-electron chi connectivity index (χ3n) is 4.36. The van der Waals surface area contributed by atoms with Crippen LogP contribution in [0.1, 0.15) is 45.9 Å². The molecule has 1 saturated carbocycles. The fourth-order valence-electron chi connectivity index (χ4n) is 2.89. The van der Waals surface area contributed by atoms with Crippen molar-refractivity contribution in [1.29, 1.82) is 0 Å². The van der Waals surface area contributed by atoms with Crippen LogP contribution < -0.4 is 10.1 Å². The van der Waals surface area contributed by atoms with E-state index in [-0.39, 0.29) is 5.91 Å². The van der Waals surface area contributed by atoms with Crippen LogP contribution in [-0.2, 0) is 6.61 Å². The molecular formula is C21H20N2O2S. The van der Waals surface area contributed by atoms with E-state index >= 15 is 0 Å². The van der Waals surface area contributed by atoms with Gasteiger partial charge in [-0.1, -0.05) is 30.3 Å². The molecule has 4 rings (SSSR count). The summed E-state index contributed by atoms with van der Waals surface area (Å²) >= 11 is 1.43. The molecule has 0 radical (unpaired) electrons. The fourth-order valence-corrected chi connectivity index (χ4v) is 3.57. The Kier molecular flexibility index (Phi) is 4.71. The lowest BCUT2D eigenvalue weighted by Gasteiger charge is -2.11. The van der Waals surface area contributed by atoms with E-state index in [0.717, 1.165) is 17.0 Å². The van der Waals surface area contributed by atoms with Gasteiger partial charge in [0, 0.05) is 10.9 Å². The Morgan fingerprint density at radius 3 is 2.85 bits per heavy atom. The van der Waals surface area contributed by atoms with E-state index in [1.165, 1.54) is 29.7 Å². The van der Waals surface area contributed by atoms with Crippen LogP contribution in [0.25, 0.3) is 0 Å². The van der Waals surface area contributed by atoms with Gasteiger partial charge in [0.15, 0.2) is 5.13 Å². The van der Waals surface area contributed by atoms with Crippen molar-refractivity contribution in [2.45, 2.75) is 32.3 Å². The average Bonchev–Trinajstić information content (AvgIpc) is 3.43. The summed E-state index contributed by atoms with van der Waals surface area (Å²) in [6, 6.07) is 15.8. The van der Waals surface area contributed by atoms with Gasteiger partial charge in [0.1, 0.15) is 12.4 Å². The topological polar surface area (TPSA) is 51.2 Å². The van der Waals surface area contributed by atoms with E-state index in [0.29, 0.717) is 23.2 Å². The normalized spacial score (nSPS) is 13.4. The lowest BCUT2D eigenvalue weighted by atomic mass is 10.1. The van der Waals surface area contributed by atoms with Crippen molar-refractivity contribution in [3.8, 4) is 5.75 Å². The second-order valence-electron chi connectivity index (χ2n) is 6.55. The summed E-state index contributed by atoms with van der Waals surface area (Å²) in [5.74, 6) is 1.44. The summed E-state index contributed by atoms with van der Waals surface area (Å²) in [5, 5.41) is 5.37. The third-order valence-corrected chi connectivity index (χ3v) is 5.23. The Hall–Kier alpha value is -2.66. The van der Waals surface area contributed by atoms with Gasteiger partial charge < -0.3 is 4.74 Å². The molecule has 4 nitrogen and oxygen atoms in total. The Bertz CT molecular complexity index is 931. The van der Waals surface area contributed by atoms with E-state index in [1.54, 1.807) is 6.07 Å². The van der Waals surface area contributed by atoms with Crippen LogP contribution in [0.15, 0.2) is 53.9 Å². The number of para-hydroxylation sites is 1. The maximum atomic E-state index is 12.4. The maximum absolute atomic E-state index is 12.4. The largest absolute Gasteiger partial charge is 0.489 e. The highest BCUT2D eigenvalue weighted by atomic mass is 32.1. The number of ether oxygens (including phenoxy) is 1. The van der Waals surface area contributed by atoms with E-state index < -0.39 is 0 Å². The molecule has 1 aliphatic rings. The van der Waals surface area contributed by atoms with Crippen molar-refractivity contribution in [1.82, 2.24) is 4.98 Å². The van der Waals surface area contributed by atoms with E-state index in [1.807, 2.05) is 42.6 Å². The number of benzene rings is 2. The number of aromatic nitrogens is 1. The minimum Gasteiger partial charge on any atom is -0.489 e. The fraction of sp³-hybridized carbons (Fsp3) is 0.238. The molecule has 1 fully saturated rings. The maximum Gasteiger partial charge on any atom is 0.257 e. The standard InChI is InChI=1S/C21H20N2O2S/c1-14-13-26-21(22-14)23-20(24)17-6-4-5-15(11-17)12-25-19-8-3-2-7-18(19)16-9-10-16/h2-8,11,13,16H,9-10,12H2,1H3,(H,22,23,24). The quantitative estimate of drug-likeness (QED) is 0.657. The monoisotopic (exact) mass is 364 g/mol. The van der Waals surface area contributed by atoms with E-state index in [4.69, 9.17) is 4.74 Å². The number of hydrogen-bond donors (Lipinski definition) is 1. The molecule has 132 valence electrons.